The number of ether oxygens (including phenoxy) is 1. The van der Waals surface area contributed by atoms with Crippen LogP contribution in [0.2, 0.25) is 0 Å². The summed E-state index contributed by atoms with van der Waals surface area (Å²) in [4.78, 5) is 1.63. The number of fused-ring (bicyclic) bond motifs is 3. The van der Waals surface area contributed by atoms with Crippen molar-refractivity contribution in [3.8, 4) is 22.6 Å². The molecule has 0 saturated carbocycles. The number of para-hydroxylation sites is 1. The first-order valence-electron chi connectivity index (χ1n) is 12.0. The van der Waals surface area contributed by atoms with Crippen LogP contribution in [0.25, 0.3) is 11.1 Å². The minimum absolute atomic E-state index is 0.422. The maximum absolute atomic E-state index is 5.96. The molecule has 4 aromatic rings. The van der Waals surface area contributed by atoms with Gasteiger partial charge in [0.25, 0.3) is 0 Å². The average molecular weight is 447 g/mol. The minimum Gasteiger partial charge on any atom is -0.457 e. The third kappa shape index (κ3) is 4.09. The van der Waals surface area contributed by atoms with E-state index in [2.05, 4.69) is 59.6 Å². The van der Waals surface area contributed by atoms with Gasteiger partial charge in [-0.15, -0.1) is 0 Å². The second kappa shape index (κ2) is 9.16. The van der Waals surface area contributed by atoms with Gasteiger partial charge in [-0.05, 0) is 41.0 Å². The second-order valence-corrected chi connectivity index (χ2v) is 8.95. The van der Waals surface area contributed by atoms with Crippen molar-refractivity contribution >= 4 is 6.21 Å². The highest BCUT2D eigenvalue weighted by atomic mass is 16.5. The van der Waals surface area contributed by atoms with Gasteiger partial charge in [-0.2, -0.15) is 5.10 Å². The predicted molar refractivity (Wildman–Crippen MR) is 137 cm³/mol. The molecule has 0 amide bonds. The summed E-state index contributed by atoms with van der Waals surface area (Å²) in [5, 5.41) is 6.99. The molecule has 6 rings (SSSR count). The van der Waals surface area contributed by atoms with Gasteiger partial charge in [-0.1, -0.05) is 78.9 Å². The quantitative estimate of drug-likeness (QED) is 0.447. The van der Waals surface area contributed by atoms with E-state index in [0.29, 0.717) is 6.04 Å². The van der Waals surface area contributed by atoms with E-state index in [-0.39, 0.29) is 0 Å². The Bertz CT molecular complexity index is 1260. The molecule has 0 aromatic heterocycles. The van der Waals surface area contributed by atoms with Crippen molar-refractivity contribution in [1.82, 2.24) is 5.01 Å². The summed E-state index contributed by atoms with van der Waals surface area (Å²) in [6.07, 6.45) is 1.95. The van der Waals surface area contributed by atoms with E-state index in [1.54, 1.807) is 4.90 Å². The largest absolute Gasteiger partial charge is 0.457 e. The summed E-state index contributed by atoms with van der Waals surface area (Å²) in [7, 11) is 0. The molecule has 2 aliphatic rings. The van der Waals surface area contributed by atoms with E-state index in [9.17, 15) is 0 Å². The smallest absolute Gasteiger partial charge is 0.140 e. The number of quaternary nitrogens is 1. The van der Waals surface area contributed by atoms with E-state index in [4.69, 9.17) is 9.84 Å². The van der Waals surface area contributed by atoms with Crippen molar-refractivity contribution in [2.24, 2.45) is 5.10 Å². The molecule has 1 saturated heterocycles. The van der Waals surface area contributed by atoms with Gasteiger partial charge in [0.2, 0.25) is 0 Å². The number of hydrazone groups is 1. The zero-order valence-electron chi connectivity index (χ0n) is 19.1. The minimum atomic E-state index is 0.422. The Balaban J connectivity index is 1.12. The molecule has 0 spiro atoms. The van der Waals surface area contributed by atoms with Crippen LogP contribution in [0.4, 0.5) is 0 Å². The van der Waals surface area contributed by atoms with Gasteiger partial charge in [-0.25, -0.2) is 0 Å². The standard InChI is InChI=1S/C30H27N3O/c1-2-10-24(11-3-1)34-25-12-8-9-23(21-25)22-31-33-19-17-32(18-20-33)30-28-15-6-4-13-26(28)27-14-5-7-16-29(27)30/h1-16,21-22,30H,17-20H2/p+1/b31-22-. The van der Waals surface area contributed by atoms with E-state index >= 15 is 0 Å². The van der Waals surface area contributed by atoms with Crippen LogP contribution < -0.4 is 9.64 Å². The lowest BCUT2D eigenvalue weighted by atomic mass is 10.0. The normalized spacial score (nSPS) is 15.9. The van der Waals surface area contributed by atoms with Crippen molar-refractivity contribution in [2.45, 2.75) is 6.04 Å². The molecule has 1 aliphatic carbocycles. The van der Waals surface area contributed by atoms with Gasteiger partial charge in [-0.3, -0.25) is 5.01 Å². The zero-order valence-corrected chi connectivity index (χ0v) is 19.1. The SMILES string of the molecule is C(=N/N1CC[NH+](C2c3ccccc3-c3ccccc32)CC1)/c1cccc(Oc2ccccc2)c1. The summed E-state index contributed by atoms with van der Waals surface area (Å²) in [5.41, 5.74) is 6.76. The molecule has 0 atom stereocenters. The second-order valence-electron chi connectivity index (χ2n) is 8.95. The number of hydrogen-bond acceptors (Lipinski definition) is 3. The summed E-state index contributed by atoms with van der Waals surface area (Å²) < 4.78 is 5.96. The first-order chi connectivity index (χ1) is 16.8. The molecule has 0 radical (unpaired) electrons. The fraction of sp³-hybridized carbons (Fsp3) is 0.167. The van der Waals surface area contributed by atoms with Crippen LogP contribution in [0, 0.1) is 0 Å². The van der Waals surface area contributed by atoms with E-state index in [1.807, 2.05) is 54.7 Å². The molecule has 0 bridgehead atoms. The van der Waals surface area contributed by atoms with Crippen LogP contribution in [-0.2, 0) is 0 Å². The Morgan fingerprint density at radius 1 is 0.706 bits per heavy atom. The molecule has 4 heteroatoms. The number of rotatable bonds is 5. The Hall–Kier alpha value is -3.89. The Kier molecular flexibility index (Phi) is 5.58. The summed E-state index contributed by atoms with van der Waals surface area (Å²) in [5.74, 6) is 1.66. The maximum atomic E-state index is 5.96. The van der Waals surface area contributed by atoms with Gasteiger partial charge < -0.3 is 9.64 Å². The van der Waals surface area contributed by atoms with Gasteiger partial charge in [0.1, 0.15) is 17.5 Å². The third-order valence-corrected chi connectivity index (χ3v) is 6.83. The van der Waals surface area contributed by atoms with Gasteiger partial charge in [0.15, 0.2) is 0 Å². The van der Waals surface area contributed by atoms with Gasteiger partial charge in [0.05, 0.1) is 32.4 Å². The van der Waals surface area contributed by atoms with Gasteiger partial charge >= 0.3 is 0 Å². The summed E-state index contributed by atoms with van der Waals surface area (Å²) in [6, 6.07) is 36.2. The van der Waals surface area contributed by atoms with E-state index in [1.165, 1.54) is 22.3 Å². The predicted octanol–water partition coefficient (Wildman–Crippen LogP) is 4.78. The van der Waals surface area contributed by atoms with Crippen LogP contribution in [0.3, 0.4) is 0 Å². The van der Waals surface area contributed by atoms with Crippen molar-refractivity contribution < 1.29 is 9.64 Å². The number of benzene rings is 4. The zero-order chi connectivity index (χ0) is 22.7. The number of piperazine rings is 1. The fourth-order valence-electron chi connectivity index (χ4n) is 5.21. The van der Waals surface area contributed by atoms with Crippen LogP contribution in [0.15, 0.2) is 108 Å². The maximum Gasteiger partial charge on any atom is 0.140 e. The van der Waals surface area contributed by atoms with Crippen LogP contribution in [0.5, 0.6) is 11.5 Å². The molecular formula is C30H28N3O+. The van der Waals surface area contributed by atoms with Crippen LogP contribution in [0.1, 0.15) is 22.7 Å². The average Bonchev–Trinajstić information content (AvgIpc) is 3.23. The Morgan fingerprint density at radius 2 is 1.32 bits per heavy atom. The van der Waals surface area contributed by atoms with E-state index in [0.717, 1.165) is 43.2 Å². The molecule has 0 unspecified atom stereocenters. The van der Waals surface area contributed by atoms with Crippen molar-refractivity contribution in [3.63, 3.8) is 0 Å². The highest BCUT2D eigenvalue weighted by Crippen LogP contribution is 2.41. The molecule has 4 aromatic carbocycles. The Morgan fingerprint density at radius 3 is 2.03 bits per heavy atom. The van der Waals surface area contributed by atoms with Crippen LogP contribution in [-0.4, -0.2) is 37.4 Å². The first kappa shape index (κ1) is 20.7. The van der Waals surface area contributed by atoms with Crippen molar-refractivity contribution in [3.05, 3.63) is 120 Å². The topological polar surface area (TPSA) is 29.3 Å². The highest BCUT2D eigenvalue weighted by molar-refractivity contribution is 5.80. The third-order valence-electron chi connectivity index (χ3n) is 6.83. The lowest BCUT2D eigenvalue weighted by Crippen LogP contribution is -3.14. The molecular weight excluding hydrogens is 418 g/mol. The van der Waals surface area contributed by atoms with Crippen molar-refractivity contribution in [1.29, 1.82) is 0 Å². The first-order valence-corrected chi connectivity index (χ1v) is 12.0. The summed E-state index contributed by atoms with van der Waals surface area (Å²) in [6.45, 7) is 4.05. The number of nitrogens with one attached hydrogen (secondary N) is 1. The molecule has 1 aliphatic heterocycles. The molecule has 168 valence electrons. The molecule has 1 fully saturated rings. The molecule has 34 heavy (non-hydrogen) atoms. The van der Waals surface area contributed by atoms with Crippen LogP contribution >= 0.6 is 0 Å². The highest BCUT2D eigenvalue weighted by Gasteiger charge is 2.37. The lowest BCUT2D eigenvalue weighted by molar-refractivity contribution is -0.929. The van der Waals surface area contributed by atoms with Crippen molar-refractivity contribution in [2.75, 3.05) is 26.2 Å². The fourth-order valence-corrected chi connectivity index (χ4v) is 5.21. The number of hydrogen-bond donors (Lipinski definition) is 1. The molecule has 1 N–H and O–H groups in total. The Labute approximate surface area is 200 Å². The van der Waals surface area contributed by atoms with E-state index < -0.39 is 0 Å². The monoisotopic (exact) mass is 446 g/mol. The molecule has 4 nitrogen and oxygen atoms in total. The molecule has 1 heterocycles. The lowest BCUT2D eigenvalue weighted by Gasteiger charge is -2.34. The summed E-state index contributed by atoms with van der Waals surface area (Å²) >= 11 is 0. The van der Waals surface area contributed by atoms with Gasteiger partial charge in [0, 0.05) is 11.1 Å². The number of nitrogens with zero attached hydrogens (tertiary/aromatic N) is 2.